The van der Waals surface area contributed by atoms with Gasteiger partial charge in [-0.15, -0.1) is 0 Å². The molecule has 2 aromatic rings. The monoisotopic (exact) mass is 962 g/mol. The smallest absolute Gasteiger partial charge is 0.333 e. The van der Waals surface area contributed by atoms with Crippen LogP contribution in [0, 0.1) is 0 Å². The molecule has 0 spiro atoms. The van der Waals surface area contributed by atoms with Gasteiger partial charge in [-0.2, -0.15) is 0 Å². The summed E-state index contributed by atoms with van der Waals surface area (Å²) >= 11 is 0. The van der Waals surface area contributed by atoms with Gasteiger partial charge < -0.3 is 44.5 Å². The fourth-order valence-electron chi connectivity index (χ4n) is 7.29. The molecule has 0 bridgehead atoms. The number of carbonyl (C=O) groups excluding carboxylic acids is 2. The summed E-state index contributed by atoms with van der Waals surface area (Å²) in [5.74, 6) is -0.0679. The van der Waals surface area contributed by atoms with Crippen LogP contribution in [0.3, 0.4) is 0 Å². The zero-order chi connectivity index (χ0) is 49.7. The lowest BCUT2D eigenvalue weighted by Crippen LogP contribution is -2.59. The van der Waals surface area contributed by atoms with Crippen LogP contribution in [-0.2, 0) is 34.5 Å². The van der Waals surface area contributed by atoms with Gasteiger partial charge in [0.1, 0.15) is 41.8 Å². The highest BCUT2D eigenvalue weighted by molar-refractivity contribution is 6.74. The van der Waals surface area contributed by atoms with Crippen LogP contribution in [-0.4, -0.2) is 106 Å². The molecule has 0 saturated carbocycles. The largest absolute Gasteiger partial charge is 0.497 e. The summed E-state index contributed by atoms with van der Waals surface area (Å²) in [6, 6.07) is 7.15. The molecule has 1 unspecified atom stereocenters. The van der Waals surface area contributed by atoms with Crippen molar-refractivity contribution in [3.63, 3.8) is 0 Å². The third-order valence-electron chi connectivity index (χ3n) is 13.3. The molecular weight excluding hydrogens is 875 g/mol. The third kappa shape index (κ3) is 16.8. The number of nitrogens with two attached hydrogens (primary N) is 1. The van der Waals surface area contributed by atoms with Gasteiger partial charge >= 0.3 is 11.7 Å². The summed E-state index contributed by atoms with van der Waals surface area (Å²) in [4.78, 5) is 54.8. The maximum atomic E-state index is 14.6. The lowest BCUT2D eigenvalue weighted by molar-refractivity contribution is -0.166. The Morgan fingerprint density at radius 1 is 0.788 bits per heavy atom. The first kappa shape index (κ1) is 57.2. The van der Waals surface area contributed by atoms with Crippen molar-refractivity contribution in [2.45, 2.75) is 212 Å². The number of ether oxygens (including phenoxy) is 3. The Morgan fingerprint density at radius 2 is 1.33 bits per heavy atom. The second kappa shape index (κ2) is 24.9. The summed E-state index contributed by atoms with van der Waals surface area (Å²) in [7, 11) is -3.83. The second-order valence-corrected chi connectivity index (χ2v) is 31.5. The van der Waals surface area contributed by atoms with Crippen LogP contribution in [0.15, 0.2) is 46.1 Å². The maximum absolute atomic E-state index is 14.6. The van der Waals surface area contributed by atoms with Crippen LogP contribution in [0.5, 0.6) is 5.75 Å². The first-order chi connectivity index (χ1) is 30.6. The Kier molecular flexibility index (Phi) is 21.6. The fourth-order valence-corrected chi connectivity index (χ4v) is 9.88. The lowest BCUT2D eigenvalue weighted by Gasteiger charge is -2.44. The number of benzene rings is 1. The van der Waals surface area contributed by atoms with E-state index < -0.39 is 76.1 Å². The number of hydrogen-bond donors (Lipinski definition) is 4. The third-order valence-corrected chi connectivity index (χ3v) is 22.3. The van der Waals surface area contributed by atoms with Crippen LogP contribution >= 0.6 is 0 Å². The van der Waals surface area contributed by atoms with Crippen LogP contribution < -0.4 is 32.4 Å². The average molecular weight is 962 g/mol. The number of nitrogens with zero attached hydrogens (tertiary/aromatic N) is 2. The molecule has 1 aliphatic rings. The molecule has 1 aromatic heterocycles. The van der Waals surface area contributed by atoms with Gasteiger partial charge in [-0.05, 0) is 107 Å². The van der Waals surface area contributed by atoms with Crippen molar-refractivity contribution >= 4 is 28.5 Å². The van der Waals surface area contributed by atoms with E-state index >= 15 is 0 Å². The number of carbonyl (C=O) groups is 2. The number of esters is 1. The Bertz CT molecular complexity index is 1930. The normalized spacial score (nSPS) is 19.4. The van der Waals surface area contributed by atoms with Crippen molar-refractivity contribution in [2.75, 3.05) is 26.7 Å². The number of hydrogen-bond acceptors (Lipinski definition) is 12. The highest BCUT2D eigenvalue weighted by atomic mass is 28.4. The summed E-state index contributed by atoms with van der Waals surface area (Å²) in [5.41, 5.74) is 4.28. The maximum Gasteiger partial charge on any atom is 0.333 e. The molecule has 1 fully saturated rings. The summed E-state index contributed by atoms with van der Waals surface area (Å²) < 4.78 is 35.0. The minimum atomic E-state index is -2.70. The van der Waals surface area contributed by atoms with Gasteiger partial charge in [0.15, 0.2) is 22.9 Å². The molecule has 15 nitrogen and oxygen atoms in total. The van der Waals surface area contributed by atoms with Gasteiger partial charge in [0, 0.05) is 25.2 Å². The number of methoxy groups -OCH3 is 1. The topological polar surface area (TPSA) is 195 Å². The lowest BCUT2D eigenvalue weighted by atomic mass is 9.99. The molecule has 376 valence electrons. The first-order valence-electron chi connectivity index (χ1n) is 24.2. The predicted octanol–water partition coefficient (Wildman–Crippen LogP) is 7.38. The molecular formula is C49H87N5O10Si2. The fraction of sp³-hybridized carbons (Fsp3) is 0.755. The SMILES string of the molecule is COc1ccc(Cn2c(=O)ccn([C@@H]3OC([C@H](O)[C@H](NCCCNC(=O)CCCCCCCCCCN)C(=O)OC(C)(C)C)[C@@H](O[Si](C)(C)C(C)(C)C)[C@H]3O[Si](C)(C)C(C)(C)C)c2=O)cc1. The molecule has 5 N–H and O–H groups in total. The van der Waals surface area contributed by atoms with Crippen molar-refractivity contribution in [3.8, 4) is 5.75 Å². The van der Waals surface area contributed by atoms with Crippen LogP contribution in [0.4, 0.5) is 0 Å². The van der Waals surface area contributed by atoms with Crippen LogP contribution in [0.1, 0.15) is 138 Å². The van der Waals surface area contributed by atoms with Gasteiger partial charge in [0.2, 0.25) is 5.91 Å². The minimum absolute atomic E-state index is 0.0136. The van der Waals surface area contributed by atoms with E-state index in [1.54, 1.807) is 52.1 Å². The molecule has 2 heterocycles. The number of aliphatic hydroxyl groups is 1. The zero-order valence-electron chi connectivity index (χ0n) is 42.9. The van der Waals surface area contributed by atoms with Gasteiger partial charge in [-0.3, -0.25) is 23.5 Å². The van der Waals surface area contributed by atoms with E-state index in [0.29, 0.717) is 30.7 Å². The Hall–Kier alpha value is -3.17. The number of rotatable bonds is 26. The second-order valence-electron chi connectivity index (χ2n) is 22.0. The van der Waals surface area contributed by atoms with Gasteiger partial charge in [-0.25, -0.2) is 4.79 Å². The average Bonchev–Trinajstić information content (AvgIpc) is 3.54. The molecule has 66 heavy (non-hydrogen) atoms. The Balaban J connectivity index is 1.99. The number of aliphatic hydroxyl groups excluding tert-OH is 1. The Morgan fingerprint density at radius 3 is 1.86 bits per heavy atom. The Labute approximate surface area is 397 Å². The van der Waals surface area contributed by atoms with Crippen molar-refractivity contribution in [1.29, 1.82) is 0 Å². The van der Waals surface area contributed by atoms with Crippen molar-refractivity contribution < 1.29 is 37.8 Å². The van der Waals surface area contributed by atoms with E-state index in [-0.39, 0.29) is 29.1 Å². The van der Waals surface area contributed by atoms with E-state index in [1.807, 2.05) is 0 Å². The zero-order valence-corrected chi connectivity index (χ0v) is 44.9. The highest BCUT2D eigenvalue weighted by Crippen LogP contribution is 2.46. The predicted molar refractivity (Wildman–Crippen MR) is 267 cm³/mol. The van der Waals surface area contributed by atoms with E-state index in [4.69, 9.17) is 28.8 Å². The molecule has 1 aromatic carbocycles. The molecule has 6 atom stereocenters. The number of aromatic nitrogens is 2. The number of unbranched alkanes of at least 4 members (excludes halogenated alkanes) is 7. The van der Waals surface area contributed by atoms with Crippen LogP contribution in [0.25, 0.3) is 0 Å². The molecule has 0 radical (unpaired) electrons. The quantitative estimate of drug-likeness (QED) is 0.0416. The summed E-state index contributed by atoms with van der Waals surface area (Å²) in [6.07, 6.45) is 5.27. The standard InChI is InChI=1S/C49H87N5O10Si2/c1-47(2,3)62-45(58)39(52-32-23-31-51-37(55)24-21-19-17-15-16-18-20-22-30-50)40(57)41-42(63-65(11,12)48(4,5)6)43(64-66(13,14)49(7,8)9)44(61-41)53-33-29-38(56)54(46(53)59)34-35-25-27-36(60-10)28-26-35/h25-29,33,39-44,52,57H,15-24,30-32,34,50H2,1-14H3,(H,51,55)/t39-,40+,41?,42+,43+,44+/m0/s1. The van der Waals surface area contributed by atoms with Crippen molar-refractivity contribution in [2.24, 2.45) is 5.73 Å². The molecule has 17 heteroatoms. The summed E-state index contributed by atoms with van der Waals surface area (Å²) in [5, 5.41) is 18.3. The highest BCUT2D eigenvalue weighted by Gasteiger charge is 2.57. The van der Waals surface area contributed by atoms with Gasteiger partial charge in [0.25, 0.3) is 5.56 Å². The molecule has 1 saturated heterocycles. The van der Waals surface area contributed by atoms with Gasteiger partial charge in [0.05, 0.1) is 13.7 Å². The van der Waals surface area contributed by atoms with E-state index in [0.717, 1.165) is 36.8 Å². The molecule has 0 aliphatic carbocycles. The number of amides is 1. The van der Waals surface area contributed by atoms with E-state index in [2.05, 4.69) is 78.4 Å². The summed E-state index contributed by atoms with van der Waals surface area (Å²) in [6.45, 7) is 27.7. The van der Waals surface area contributed by atoms with Gasteiger partial charge in [-0.1, -0.05) is 92.2 Å². The molecule has 1 aliphatic heterocycles. The van der Waals surface area contributed by atoms with E-state index in [1.165, 1.54) is 42.5 Å². The first-order valence-corrected chi connectivity index (χ1v) is 30.0. The van der Waals surface area contributed by atoms with Crippen molar-refractivity contribution in [1.82, 2.24) is 19.8 Å². The van der Waals surface area contributed by atoms with Crippen molar-refractivity contribution in [3.05, 3.63) is 62.9 Å². The number of nitrogens with one attached hydrogen (secondary N) is 2. The van der Waals surface area contributed by atoms with Crippen LogP contribution in [0.2, 0.25) is 36.3 Å². The molecule has 1 amide bonds. The molecule has 3 rings (SSSR count). The van der Waals surface area contributed by atoms with E-state index in [9.17, 15) is 24.3 Å². The minimum Gasteiger partial charge on any atom is -0.497 e.